The highest BCUT2D eigenvalue weighted by Gasteiger charge is 2.06. The number of nitrogens with zero attached hydrogens (tertiary/aromatic N) is 1. The summed E-state index contributed by atoms with van der Waals surface area (Å²) < 4.78 is 1.96. The molecule has 0 saturated carbocycles. The van der Waals surface area contributed by atoms with Crippen LogP contribution in [0.3, 0.4) is 0 Å². The zero-order valence-electron chi connectivity index (χ0n) is 10.9. The molecule has 94 valence electrons. The summed E-state index contributed by atoms with van der Waals surface area (Å²) in [6.07, 6.45) is 2.07. The number of nitrogens with one attached hydrogen (secondary N) is 1. The number of hydrogen-bond donors (Lipinski definition) is 2. The van der Waals surface area contributed by atoms with Crippen LogP contribution in [-0.2, 0) is 7.05 Å². The summed E-state index contributed by atoms with van der Waals surface area (Å²) in [5.74, 6) is 0.748. The third kappa shape index (κ3) is 2.76. The molecular formula is C14H18N3S+. The van der Waals surface area contributed by atoms with Gasteiger partial charge in [-0.25, -0.2) is 4.57 Å². The molecule has 0 amide bonds. The van der Waals surface area contributed by atoms with E-state index in [9.17, 15) is 0 Å². The zero-order valence-corrected chi connectivity index (χ0v) is 11.7. The van der Waals surface area contributed by atoms with Gasteiger partial charge in [-0.15, -0.1) is 11.8 Å². The number of nitrogens with two attached hydrogens (primary N) is 1. The van der Waals surface area contributed by atoms with Gasteiger partial charge in [-0.2, -0.15) is 0 Å². The van der Waals surface area contributed by atoms with Crippen LogP contribution < -0.4 is 15.6 Å². The Morgan fingerprint density at radius 3 is 2.33 bits per heavy atom. The van der Waals surface area contributed by atoms with Crippen molar-refractivity contribution in [3.05, 3.63) is 42.1 Å². The molecule has 1 heterocycles. The van der Waals surface area contributed by atoms with E-state index < -0.39 is 0 Å². The summed E-state index contributed by atoms with van der Waals surface area (Å²) in [6.45, 7) is 2.04. The second kappa shape index (κ2) is 5.31. The van der Waals surface area contributed by atoms with Gasteiger partial charge in [0.25, 0.3) is 5.82 Å². The van der Waals surface area contributed by atoms with Crippen LogP contribution in [-0.4, -0.2) is 6.26 Å². The second-order valence-corrected chi connectivity index (χ2v) is 5.10. The van der Waals surface area contributed by atoms with Gasteiger partial charge in [-0.1, -0.05) is 0 Å². The maximum atomic E-state index is 5.94. The number of aromatic nitrogens is 1. The molecule has 4 heteroatoms. The van der Waals surface area contributed by atoms with Gasteiger partial charge >= 0.3 is 0 Å². The zero-order chi connectivity index (χ0) is 13.1. The van der Waals surface area contributed by atoms with E-state index in [4.69, 9.17) is 5.73 Å². The first kappa shape index (κ1) is 12.8. The summed E-state index contributed by atoms with van der Waals surface area (Å²) in [6, 6.07) is 12.4. The SMILES string of the molecule is CSc1ccc(Nc2cc(C)[n+](C)c(N)c2)cc1. The summed E-state index contributed by atoms with van der Waals surface area (Å²) >= 11 is 1.74. The van der Waals surface area contributed by atoms with Gasteiger partial charge in [0, 0.05) is 16.6 Å². The summed E-state index contributed by atoms with van der Waals surface area (Å²) in [5, 5.41) is 3.36. The van der Waals surface area contributed by atoms with Gasteiger partial charge in [0.1, 0.15) is 5.69 Å². The molecule has 0 aliphatic carbocycles. The van der Waals surface area contributed by atoms with E-state index in [1.807, 2.05) is 24.6 Å². The van der Waals surface area contributed by atoms with Crippen molar-refractivity contribution >= 4 is 29.0 Å². The van der Waals surface area contributed by atoms with Crippen molar-refractivity contribution in [2.24, 2.45) is 7.05 Å². The van der Waals surface area contributed by atoms with Gasteiger partial charge < -0.3 is 5.32 Å². The van der Waals surface area contributed by atoms with E-state index in [1.165, 1.54) is 4.90 Å². The molecule has 0 bridgehead atoms. The lowest BCUT2D eigenvalue weighted by molar-refractivity contribution is -0.663. The predicted molar refractivity (Wildman–Crippen MR) is 78.3 cm³/mol. The smallest absolute Gasteiger partial charge is 0.274 e. The molecule has 3 N–H and O–H groups in total. The first-order valence-electron chi connectivity index (χ1n) is 5.77. The lowest BCUT2D eigenvalue weighted by atomic mass is 10.2. The van der Waals surface area contributed by atoms with Gasteiger partial charge in [0.2, 0.25) is 0 Å². The van der Waals surface area contributed by atoms with Crippen molar-refractivity contribution in [2.75, 3.05) is 17.3 Å². The molecule has 0 radical (unpaired) electrons. The van der Waals surface area contributed by atoms with Gasteiger partial charge in [-0.05, 0) is 37.4 Å². The van der Waals surface area contributed by atoms with E-state index >= 15 is 0 Å². The first-order chi connectivity index (χ1) is 8.60. The summed E-state index contributed by atoms with van der Waals surface area (Å²) in [5.41, 5.74) is 9.15. The summed E-state index contributed by atoms with van der Waals surface area (Å²) in [7, 11) is 1.96. The van der Waals surface area contributed by atoms with Crippen LogP contribution in [0.4, 0.5) is 17.2 Å². The fourth-order valence-electron chi connectivity index (χ4n) is 1.74. The Morgan fingerprint density at radius 1 is 1.11 bits per heavy atom. The molecule has 3 nitrogen and oxygen atoms in total. The van der Waals surface area contributed by atoms with Crippen molar-refractivity contribution in [1.82, 2.24) is 0 Å². The number of benzene rings is 1. The Balaban J connectivity index is 2.23. The average Bonchev–Trinajstić information content (AvgIpc) is 2.37. The highest BCUT2D eigenvalue weighted by molar-refractivity contribution is 7.98. The van der Waals surface area contributed by atoms with Crippen LogP contribution in [0.2, 0.25) is 0 Å². The van der Waals surface area contributed by atoms with Crippen LogP contribution in [0.5, 0.6) is 0 Å². The van der Waals surface area contributed by atoms with Crippen LogP contribution in [0, 0.1) is 6.92 Å². The molecule has 0 aliphatic rings. The lowest BCUT2D eigenvalue weighted by Gasteiger charge is -2.09. The molecule has 1 aromatic carbocycles. The highest BCUT2D eigenvalue weighted by Crippen LogP contribution is 2.21. The molecule has 0 atom stereocenters. The largest absolute Gasteiger partial charge is 0.355 e. The Morgan fingerprint density at radius 2 is 1.78 bits per heavy atom. The minimum absolute atomic E-state index is 0.748. The lowest BCUT2D eigenvalue weighted by Crippen LogP contribution is -2.35. The van der Waals surface area contributed by atoms with E-state index in [2.05, 4.69) is 41.9 Å². The molecule has 0 spiro atoms. The Kier molecular flexibility index (Phi) is 3.77. The standard InChI is InChI=1S/C14H17N3S/c1-10-8-12(9-14(15)17(10)2)16-11-4-6-13(18-3)7-5-11/h4-9H,1-3H3,(H2,15,16)/p+1. The Labute approximate surface area is 112 Å². The quantitative estimate of drug-likeness (QED) is 0.658. The fraction of sp³-hybridized carbons (Fsp3) is 0.214. The number of anilines is 3. The predicted octanol–water partition coefficient (Wildman–Crippen LogP) is 2.87. The number of thioether (sulfide) groups is 1. The summed E-state index contributed by atoms with van der Waals surface area (Å²) in [4.78, 5) is 1.26. The Hall–Kier alpha value is -1.68. The van der Waals surface area contributed by atoms with Crippen molar-refractivity contribution in [3.63, 3.8) is 0 Å². The molecule has 2 rings (SSSR count). The number of pyridine rings is 1. The van der Waals surface area contributed by atoms with Crippen molar-refractivity contribution in [2.45, 2.75) is 11.8 Å². The van der Waals surface area contributed by atoms with Crippen molar-refractivity contribution in [3.8, 4) is 0 Å². The van der Waals surface area contributed by atoms with Crippen LogP contribution in [0.15, 0.2) is 41.3 Å². The van der Waals surface area contributed by atoms with Crippen LogP contribution in [0.1, 0.15) is 5.69 Å². The van der Waals surface area contributed by atoms with E-state index in [0.717, 1.165) is 22.9 Å². The second-order valence-electron chi connectivity index (χ2n) is 4.22. The third-order valence-corrected chi connectivity index (χ3v) is 3.71. The molecule has 0 fully saturated rings. The normalized spacial score (nSPS) is 10.4. The maximum Gasteiger partial charge on any atom is 0.274 e. The van der Waals surface area contributed by atoms with Crippen molar-refractivity contribution in [1.29, 1.82) is 0 Å². The minimum Gasteiger partial charge on any atom is -0.355 e. The molecule has 1 aromatic heterocycles. The number of nitrogen functional groups attached to an aromatic ring is 1. The average molecular weight is 260 g/mol. The molecule has 0 saturated heterocycles. The fourth-order valence-corrected chi connectivity index (χ4v) is 2.14. The van der Waals surface area contributed by atoms with Crippen LogP contribution >= 0.6 is 11.8 Å². The highest BCUT2D eigenvalue weighted by atomic mass is 32.2. The number of rotatable bonds is 3. The minimum atomic E-state index is 0.748. The van der Waals surface area contributed by atoms with E-state index in [-0.39, 0.29) is 0 Å². The van der Waals surface area contributed by atoms with Gasteiger partial charge in [0.05, 0.1) is 18.8 Å². The molecule has 18 heavy (non-hydrogen) atoms. The maximum absolute atomic E-state index is 5.94. The third-order valence-electron chi connectivity index (χ3n) is 2.96. The van der Waals surface area contributed by atoms with E-state index in [0.29, 0.717) is 0 Å². The number of aryl methyl sites for hydroxylation is 1. The first-order valence-corrected chi connectivity index (χ1v) is 7.00. The van der Waals surface area contributed by atoms with Crippen LogP contribution in [0.25, 0.3) is 0 Å². The van der Waals surface area contributed by atoms with E-state index in [1.54, 1.807) is 11.8 Å². The van der Waals surface area contributed by atoms with Crippen molar-refractivity contribution < 1.29 is 4.57 Å². The van der Waals surface area contributed by atoms with Gasteiger partial charge in [-0.3, -0.25) is 5.73 Å². The molecule has 2 aromatic rings. The topological polar surface area (TPSA) is 41.9 Å². The molecule has 0 unspecified atom stereocenters. The molecular weight excluding hydrogens is 242 g/mol. The molecule has 0 aliphatic heterocycles. The van der Waals surface area contributed by atoms with Gasteiger partial charge in [0.15, 0.2) is 0 Å². The number of hydrogen-bond acceptors (Lipinski definition) is 3. The monoisotopic (exact) mass is 260 g/mol. The Bertz CT molecular complexity index is 526.